The maximum atomic E-state index is 11.1. The molecule has 104 valence electrons. The SMILES string of the molecule is Cc1ccc2oc(/C(=C/C(=O)O)c3ccccc3)cc2c1. The summed E-state index contributed by atoms with van der Waals surface area (Å²) in [5.74, 6) is -0.435. The number of benzene rings is 2. The third-order valence-electron chi connectivity index (χ3n) is 3.29. The molecule has 0 saturated heterocycles. The lowest BCUT2D eigenvalue weighted by molar-refractivity contribution is -0.131. The minimum absolute atomic E-state index is 0.559. The van der Waals surface area contributed by atoms with Crippen molar-refractivity contribution in [3.05, 3.63) is 77.6 Å². The van der Waals surface area contributed by atoms with Crippen LogP contribution in [0.4, 0.5) is 0 Å². The van der Waals surface area contributed by atoms with Crippen molar-refractivity contribution >= 4 is 22.5 Å². The second-order valence-electron chi connectivity index (χ2n) is 4.91. The molecule has 0 atom stereocenters. The third kappa shape index (κ3) is 2.72. The number of carboxylic acids is 1. The van der Waals surface area contributed by atoms with E-state index >= 15 is 0 Å². The predicted molar refractivity (Wildman–Crippen MR) is 82.1 cm³/mol. The first-order valence-electron chi connectivity index (χ1n) is 6.64. The molecule has 0 spiro atoms. The molecule has 1 heterocycles. The van der Waals surface area contributed by atoms with Crippen LogP contribution in [0.3, 0.4) is 0 Å². The lowest BCUT2D eigenvalue weighted by atomic mass is 10.0. The topological polar surface area (TPSA) is 50.4 Å². The Labute approximate surface area is 122 Å². The minimum atomic E-state index is -0.995. The third-order valence-corrected chi connectivity index (χ3v) is 3.29. The van der Waals surface area contributed by atoms with Crippen LogP contribution in [-0.2, 0) is 4.79 Å². The van der Waals surface area contributed by atoms with E-state index in [1.54, 1.807) is 0 Å². The Morgan fingerprint density at radius 1 is 1.10 bits per heavy atom. The molecular weight excluding hydrogens is 264 g/mol. The van der Waals surface area contributed by atoms with Crippen molar-refractivity contribution in [2.45, 2.75) is 6.92 Å². The highest BCUT2D eigenvalue weighted by atomic mass is 16.4. The molecule has 0 fully saturated rings. The van der Waals surface area contributed by atoms with E-state index in [2.05, 4.69) is 0 Å². The number of rotatable bonds is 3. The molecule has 3 nitrogen and oxygen atoms in total. The molecule has 3 heteroatoms. The molecule has 0 radical (unpaired) electrons. The van der Waals surface area contributed by atoms with Crippen LogP contribution in [0.15, 0.2) is 65.1 Å². The number of fused-ring (bicyclic) bond motifs is 1. The number of furan rings is 1. The first-order valence-corrected chi connectivity index (χ1v) is 6.64. The van der Waals surface area contributed by atoms with E-state index in [4.69, 9.17) is 9.52 Å². The molecule has 0 unspecified atom stereocenters. The van der Waals surface area contributed by atoms with Crippen molar-refractivity contribution in [2.75, 3.05) is 0 Å². The van der Waals surface area contributed by atoms with Gasteiger partial charge in [-0.15, -0.1) is 0 Å². The lowest BCUT2D eigenvalue weighted by Gasteiger charge is -2.03. The largest absolute Gasteiger partial charge is 0.478 e. The number of aryl methyl sites for hydroxylation is 1. The fourth-order valence-electron chi connectivity index (χ4n) is 2.33. The molecule has 1 aromatic heterocycles. The highest BCUT2D eigenvalue weighted by Gasteiger charge is 2.12. The van der Waals surface area contributed by atoms with Crippen LogP contribution in [0, 0.1) is 6.92 Å². The Morgan fingerprint density at radius 2 is 1.86 bits per heavy atom. The normalized spacial score (nSPS) is 11.8. The summed E-state index contributed by atoms with van der Waals surface area (Å²) in [5, 5.41) is 10.1. The van der Waals surface area contributed by atoms with E-state index in [0.717, 1.165) is 22.1 Å². The fraction of sp³-hybridized carbons (Fsp3) is 0.0556. The molecule has 0 amide bonds. The van der Waals surface area contributed by atoms with Crippen LogP contribution in [0.1, 0.15) is 16.9 Å². The zero-order chi connectivity index (χ0) is 14.8. The van der Waals surface area contributed by atoms with Gasteiger partial charge < -0.3 is 9.52 Å². The maximum absolute atomic E-state index is 11.1. The van der Waals surface area contributed by atoms with Crippen LogP contribution >= 0.6 is 0 Å². The highest BCUT2D eigenvalue weighted by molar-refractivity contribution is 5.96. The smallest absolute Gasteiger partial charge is 0.329 e. The van der Waals surface area contributed by atoms with E-state index in [-0.39, 0.29) is 0 Å². The van der Waals surface area contributed by atoms with Crippen molar-refractivity contribution in [2.24, 2.45) is 0 Å². The molecule has 0 aliphatic heterocycles. The summed E-state index contributed by atoms with van der Waals surface area (Å²) in [6.45, 7) is 2.01. The number of carboxylic acid groups (broad SMARTS) is 1. The van der Waals surface area contributed by atoms with E-state index < -0.39 is 5.97 Å². The molecule has 2 aromatic carbocycles. The van der Waals surface area contributed by atoms with Gasteiger partial charge in [0.25, 0.3) is 0 Å². The van der Waals surface area contributed by atoms with Gasteiger partial charge in [0, 0.05) is 17.0 Å². The van der Waals surface area contributed by atoms with E-state index in [1.807, 2.05) is 61.5 Å². The Kier molecular flexibility index (Phi) is 3.32. The maximum Gasteiger partial charge on any atom is 0.329 e. The Hall–Kier alpha value is -2.81. The van der Waals surface area contributed by atoms with Gasteiger partial charge in [-0.2, -0.15) is 0 Å². The summed E-state index contributed by atoms with van der Waals surface area (Å²) in [5.41, 5.74) is 3.27. The average Bonchev–Trinajstić information content (AvgIpc) is 2.88. The van der Waals surface area contributed by atoms with Gasteiger partial charge in [-0.3, -0.25) is 0 Å². The van der Waals surface area contributed by atoms with E-state index in [1.165, 1.54) is 6.08 Å². The molecule has 21 heavy (non-hydrogen) atoms. The zero-order valence-corrected chi connectivity index (χ0v) is 11.5. The van der Waals surface area contributed by atoms with Gasteiger partial charge in [0.2, 0.25) is 0 Å². The van der Waals surface area contributed by atoms with E-state index in [0.29, 0.717) is 11.3 Å². The van der Waals surface area contributed by atoms with Crippen molar-refractivity contribution in [1.82, 2.24) is 0 Å². The average molecular weight is 278 g/mol. The number of hydrogen-bond donors (Lipinski definition) is 1. The van der Waals surface area contributed by atoms with Gasteiger partial charge in [-0.25, -0.2) is 4.79 Å². The molecular formula is C18H14O3. The molecule has 0 saturated carbocycles. The van der Waals surface area contributed by atoms with Gasteiger partial charge in [0.15, 0.2) is 0 Å². The van der Waals surface area contributed by atoms with Gasteiger partial charge in [0.05, 0.1) is 0 Å². The van der Waals surface area contributed by atoms with Crippen molar-refractivity contribution in [1.29, 1.82) is 0 Å². The zero-order valence-electron chi connectivity index (χ0n) is 11.5. The Bertz CT molecular complexity index is 826. The van der Waals surface area contributed by atoms with Gasteiger partial charge in [0.1, 0.15) is 11.3 Å². The second-order valence-corrected chi connectivity index (χ2v) is 4.91. The van der Waals surface area contributed by atoms with Gasteiger partial charge in [-0.05, 0) is 30.7 Å². The summed E-state index contributed by atoms with van der Waals surface area (Å²) in [6.07, 6.45) is 1.18. The summed E-state index contributed by atoms with van der Waals surface area (Å²) >= 11 is 0. The number of hydrogen-bond acceptors (Lipinski definition) is 2. The standard InChI is InChI=1S/C18H14O3/c1-12-7-8-16-14(9-12)10-17(21-16)15(11-18(19)20)13-5-3-2-4-6-13/h2-11H,1H3,(H,19,20)/b15-11+. The van der Waals surface area contributed by atoms with Crippen LogP contribution in [-0.4, -0.2) is 11.1 Å². The molecule has 0 bridgehead atoms. The monoisotopic (exact) mass is 278 g/mol. The molecule has 0 aliphatic carbocycles. The van der Waals surface area contributed by atoms with Crippen LogP contribution < -0.4 is 0 Å². The van der Waals surface area contributed by atoms with E-state index in [9.17, 15) is 4.79 Å². The van der Waals surface area contributed by atoms with Gasteiger partial charge >= 0.3 is 5.97 Å². The first kappa shape index (κ1) is 13.2. The lowest BCUT2D eigenvalue weighted by Crippen LogP contribution is -1.93. The highest BCUT2D eigenvalue weighted by Crippen LogP contribution is 2.29. The number of aliphatic carboxylic acids is 1. The van der Waals surface area contributed by atoms with Crippen LogP contribution in [0.25, 0.3) is 16.5 Å². The Balaban J connectivity index is 2.17. The van der Waals surface area contributed by atoms with Crippen LogP contribution in [0.5, 0.6) is 0 Å². The van der Waals surface area contributed by atoms with Crippen molar-refractivity contribution < 1.29 is 14.3 Å². The molecule has 3 aromatic rings. The van der Waals surface area contributed by atoms with Crippen LogP contribution in [0.2, 0.25) is 0 Å². The summed E-state index contributed by atoms with van der Waals surface area (Å²) < 4.78 is 5.81. The molecule has 3 rings (SSSR count). The first-order chi connectivity index (χ1) is 10.1. The molecule has 0 aliphatic rings. The van der Waals surface area contributed by atoms with Gasteiger partial charge in [-0.1, -0.05) is 42.0 Å². The quantitative estimate of drug-likeness (QED) is 0.728. The summed E-state index contributed by atoms with van der Waals surface area (Å²) in [4.78, 5) is 11.1. The van der Waals surface area contributed by atoms with Crippen molar-refractivity contribution in [3.8, 4) is 0 Å². The fourth-order valence-corrected chi connectivity index (χ4v) is 2.33. The molecule has 1 N–H and O–H groups in total. The number of carbonyl (C=O) groups is 1. The minimum Gasteiger partial charge on any atom is -0.478 e. The Morgan fingerprint density at radius 3 is 2.57 bits per heavy atom. The second kappa shape index (κ2) is 5.29. The predicted octanol–water partition coefficient (Wildman–Crippen LogP) is 4.26. The van der Waals surface area contributed by atoms with Crippen molar-refractivity contribution in [3.63, 3.8) is 0 Å². The summed E-state index contributed by atoms with van der Waals surface area (Å²) in [6, 6.07) is 17.1. The summed E-state index contributed by atoms with van der Waals surface area (Å²) in [7, 11) is 0.